The average molecular weight is 257 g/mol. The minimum atomic E-state index is 0.352. The largest absolute Gasteiger partial charge is 0.385 e. The van der Waals surface area contributed by atoms with Crippen LogP contribution in [0.2, 0.25) is 0 Å². The van der Waals surface area contributed by atoms with E-state index in [-0.39, 0.29) is 0 Å². The monoisotopic (exact) mass is 257 g/mol. The van der Waals surface area contributed by atoms with Gasteiger partial charge >= 0.3 is 0 Å². The van der Waals surface area contributed by atoms with Crippen molar-refractivity contribution < 1.29 is 4.74 Å². The van der Waals surface area contributed by atoms with Gasteiger partial charge in [0.1, 0.15) is 0 Å². The minimum absolute atomic E-state index is 0.352. The smallest absolute Gasteiger partial charge is 0.0801 e. The Kier molecular flexibility index (Phi) is 6.62. The highest BCUT2D eigenvalue weighted by Gasteiger charge is 2.23. The van der Waals surface area contributed by atoms with Crippen LogP contribution < -0.4 is 5.32 Å². The van der Waals surface area contributed by atoms with Crippen molar-refractivity contribution in [3.8, 4) is 0 Å². The first-order valence-electron chi connectivity index (χ1n) is 6.27. The van der Waals surface area contributed by atoms with Crippen molar-refractivity contribution >= 4 is 11.5 Å². The van der Waals surface area contributed by atoms with Gasteiger partial charge in [0.05, 0.1) is 10.6 Å². The first-order valence-corrected chi connectivity index (χ1v) is 7.05. The van der Waals surface area contributed by atoms with Crippen molar-refractivity contribution in [2.24, 2.45) is 5.92 Å². The molecule has 2 unspecified atom stereocenters. The van der Waals surface area contributed by atoms with E-state index in [0.29, 0.717) is 12.0 Å². The van der Waals surface area contributed by atoms with Gasteiger partial charge in [0.25, 0.3) is 0 Å². The van der Waals surface area contributed by atoms with E-state index in [1.54, 1.807) is 7.11 Å². The molecule has 0 saturated heterocycles. The summed E-state index contributed by atoms with van der Waals surface area (Å²) in [6, 6.07) is 0.352. The predicted octanol–water partition coefficient (Wildman–Crippen LogP) is 2.42. The molecule has 1 rings (SSSR count). The maximum Gasteiger partial charge on any atom is 0.0801 e. The number of hydrogen-bond acceptors (Lipinski definition) is 5. The summed E-state index contributed by atoms with van der Waals surface area (Å²) in [5.74, 6) is 0.530. The van der Waals surface area contributed by atoms with Crippen molar-refractivity contribution in [2.75, 3.05) is 20.3 Å². The number of rotatable bonds is 8. The fourth-order valence-electron chi connectivity index (χ4n) is 1.94. The van der Waals surface area contributed by atoms with Crippen LogP contribution in [0.15, 0.2) is 0 Å². The van der Waals surface area contributed by atoms with Gasteiger partial charge in [-0.15, -0.1) is 5.10 Å². The van der Waals surface area contributed by atoms with Gasteiger partial charge in [-0.1, -0.05) is 25.3 Å². The number of nitrogens with one attached hydrogen (secondary N) is 1. The Morgan fingerprint density at radius 2 is 2.18 bits per heavy atom. The molecule has 1 N–H and O–H groups in total. The van der Waals surface area contributed by atoms with Crippen molar-refractivity contribution in [1.29, 1.82) is 0 Å². The van der Waals surface area contributed by atoms with Crippen molar-refractivity contribution in [3.05, 3.63) is 10.6 Å². The molecule has 17 heavy (non-hydrogen) atoms. The van der Waals surface area contributed by atoms with Crippen LogP contribution in [-0.4, -0.2) is 29.8 Å². The van der Waals surface area contributed by atoms with E-state index >= 15 is 0 Å². The van der Waals surface area contributed by atoms with Crippen LogP contribution >= 0.6 is 11.5 Å². The maximum atomic E-state index is 5.16. The van der Waals surface area contributed by atoms with Crippen LogP contribution in [0.5, 0.6) is 0 Å². The third-order valence-electron chi connectivity index (χ3n) is 2.97. The van der Waals surface area contributed by atoms with Gasteiger partial charge in [-0.25, -0.2) is 0 Å². The molecular weight excluding hydrogens is 234 g/mol. The first kappa shape index (κ1) is 14.5. The van der Waals surface area contributed by atoms with E-state index < -0.39 is 0 Å². The summed E-state index contributed by atoms with van der Waals surface area (Å²) in [4.78, 5) is 1.29. The summed E-state index contributed by atoms with van der Waals surface area (Å²) in [7, 11) is 1.75. The summed E-state index contributed by atoms with van der Waals surface area (Å²) in [5, 5.41) is 7.74. The van der Waals surface area contributed by atoms with Gasteiger partial charge in [-0.05, 0) is 36.8 Å². The quantitative estimate of drug-likeness (QED) is 0.777. The van der Waals surface area contributed by atoms with E-state index in [1.807, 2.05) is 0 Å². The zero-order valence-corrected chi connectivity index (χ0v) is 12.0. The molecule has 0 bridgehead atoms. The number of aromatic nitrogens is 2. The number of ether oxygens (including phenoxy) is 1. The molecule has 1 heterocycles. The number of nitrogens with zero attached hydrogens (tertiary/aromatic N) is 2. The Bertz CT molecular complexity index is 316. The molecule has 1 aromatic rings. The molecule has 0 fully saturated rings. The van der Waals surface area contributed by atoms with E-state index in [1.165, 1.54) is 16.4 Å². The summed E-state index contributed by atoms with van der Waals surface area (Å²) >= 11 is 1.52. The van der Waals surface area contributed by atoms with Crippen molar-refractivity contribution in [1.82, 2.24) is 14.9 Å². The van der Waals surface area contributed by atoms with Crippen molar-refractivity contribution in [2.45, 2.75) is 39.7 Å². The molecule has 2 atom stereocenters. The lowest BCUT2D eigenvalue weighted by molar-refractivity contribution is 0.170. The first-order chi connectivity index (χ1) is 8.24. The molecule has 0 radical (unpaired) electrons. The third-order valence-corrected chi connectivity index (χ3v) is 3.82. The Labute approximate surface area is 108 Å². The van der Waals surface area contributed by atoms with Crippen LogP contribution in [-0.2, 0) is 11.2 Å². The van der Waals surface area contributed by atoms with Crippen LogP contribution in [0.3, 0.4) is 0 Å². The fourth-order valence-corrected chi connectivity index (χ4v) is 2.89. The predicted molar refractivity (Wildman–Crippen MR) is 71.4 cm³/mol. The second kappa shape index (κ2) is 7.74. The van der Waals surface area contributed by atoms with E-state index in [4.69, 9.17) is 4.74 Å². The van der Waals surface area contributed by atoms with Gasteiger partial charge in [-0.3, -0.25) is 0 Å². The van der Waals surface area contributed by atoms with Gasteiger partial charge in [0.2, 0.25) is 0 Å². The van der Waals surface area contributed by atoms with Crippen LogP contribution in [0.25, 0.3) is 0 Å². The van der Waals surface area contributed by atoms with E-state index in [2.05, 4.69) is 35.7 Å². The van der Waals surface area contributed by atoms with Crippen LogP contribution in [0, 0.1) is 5.92 Å². The number of hydrogen-bond donors (Lipinski definition) is 1. The van der Waals surface area contributed by atoms with E-state index in [9.17, 15) is 0 Å². The number of aryl methyl sites for hydroxylation is 1. The third kappa shape index (κ3) is 4.01. The zero-order chi connectivity index (χ0) is 12.7. The lowest BCUT2D eigenvalue weighted by atomic mass is 9.96. The summed E-state index contributed by atoms with van der Waals surface area (Å²) in [6.45, 7) is 8.28. The molecule has 0 aliphatic carbocycles. The lowest BCUT2D eigenvalue weighted by Gasteiger charge is -2.23. The summed E-state index contributed by atoms with van der Waals surface area (Å²) in [5.41, 5.74) is 1.13. The molecule has 4 nitrogen and oxygen atoms in total. The highest BCUT2D eigenvalue weighted by atomic mass is 32.1. The average Bonchev–Trinajstić information content (AvgIpc) is 2.80. The minimum Gasteiger partial charge on any atom is -0.385 e. The van der Waals surface area contributed by atoms with Crippen LogP contribution in [0.4, 0.5) is 0 Å². The zero-order valence-electron chi connectivity index (χ0n) is 11.2. The molecule has 0 aliphatic rings. The van der Waals surface area contributed by atoms with Gasteiger partial charge in [-0.2, -0.15) is 0 Å². The molecule has 0 aliphatic heterocycles. The SMILES string of the molecule is CCNC(c1snnc1CC)C(C)CCOC. The normalized spacial score (nSPS) is 14.8. The van der Waals surface area contributed by atoms with Crippen molar-refractivity contribution in [3.63, 3.8) is 0 Å². The second-order valence-electron chi connectivity index (χ2n) is 4.23. The summed E-state index contributed by atoms with van der Waals surface area (Å²) in [6.07, 6.45) is 2.00. The molecule has 98 valence electrons. The molecule has 0 spiro atoms. The topological polar surface area (TPSA) is 47.0 Å². The van der Waals surface area contributed by atoms with Gasteiger partial charge in [0, 0.05) is 19.8 Å². The fraction of sp³-hybridized carbons (Fsp3) is 0.833. The maximum absolute atomic E-state index is 5.16. The molecule has 0 saturated carbocycles. The van der Waals surface area contributed by atoms with Gasteiger partial charge in [0.15, 0.2) is 0 Å². The lowest BCUT2D eigenvalue weighted by Crippen LogP contribution is -2.27. The Hall–Kier alpha value is -0.520. The highest BCUT2D eigenvalue weighted by molar-refractivity contribution is 7.05. The Morgan fingerprint density at radius 1 is 1.41 bits per heavy atom. The second-order valence-corrected chi connectivity index (χ2v) is 5.02. The van der Waals surface area contributed by atoms with Gasteiger partial charge < -0.3 is 10.1 Å². The summed E-state index contributed by atoms with van der Waals surface area (Å²) < 4.78 is 9.24. The molecular formula is C12H23N3OS. The highest BCUT2D eigenvalue weighted by Crippen LogP contribution is 2.29. The Balaban J connectivity index is 2.77. The molecule has 5 heteroatoms. The molecule has 1 aromatic heterocycles. The molecule has 0 amide bonds. The van der Waals surface area contributed by atoms with E-state index in [0.717, 1.165) is 31.7 Å². The Morgan fingerprint density at radius 3 is 2.76 bits per heavy atom. The standard InChI is InChI=1S/C12H23N3OS/c1-5-10-12(17-15-14-10)11(13-6-2)9(3)7-8-16-4/h9,11,13H,5-8H2,1-4H3. The van der Waals surface area contributed by atoms with Crippen LogP contribution in [0.1, 0.15) is 43.8 Å². The number of methoxy groups -OCH3 is 1. The molecule has 0 aromatic carbocycles.